The van der Waals surface area contributed by atoms with Crippen LogP contribution in [0.4, 0.5) is 0 Å². The molecule has 1 aromatic rings. The molecule has 1 aromatic carbocycles. The molecule has 0 N–H and O–H groups in total. The zero-order chi connectivity index (χ0) is 14.5. The summed E-state index contributed by atoms with van der Waals surface area (Å²) in [5, 5.41) is 0. The summed E-state index contributed by atoms with van der Waals surface area (Å²) in [6, 6.07) is 5.02. The fourth-order valence-electron chi connectivity index (χ4n) is 4.15. The molecule has 0 saturated heterocycles. The minimum absolute atomic E-state index is 0. The summed E-state index contributed by atoms with van der Waals surface area (Å²) in [5.74, 6) is 0.584. The second-order valence-electron chi connectivity index (χ2n) is 8.01. The van der Waals surface area contributed by atoms with Gasteiger partial charge in [0.25, 0.3) is 0 Å². The van der Waals surface area contributed by atoms with Crippen LogP contribution in [-0.2, 0) is 38.7 Å². The minimum Gasteiger partial charge on any atom is -0.0759 e. The number of hydrogen-bond acceptors (Lipinski definition) is 0. The van der Waals surface area contributed by atoms with Gasteiger partial charge in [-0.2, -0.15) is 0 Å². The van der Waals surface area contributed by atoms with E-state index in [1.165, 1.54) is 31.2 Å². The Morgan fingerprint density at radius 3 is 2.14 bits per heavy atom. The molecule has 0 heterocycles. The van der Waals surface area contributed by atoms with E-state index in [0.29, 0.717) is 16.7 Å². The summed E-state index contributed by atoms with van der Waals surface area (Å²) in [6.45, 7) is 11.8. The average Bonchev–Trinajstić information content (AvgIpc) is 2.95. The molecule has 0 saturated carbocycles. The van der Waals surface area contributed by atoms with Gasteiger partial charge in [-0.25, -0.2) is 0 Å². The van der Waals surface area contributed by atoms with Crippen LogP contribution in [-0.4, -0.2) is 0 Å². The van der Waals surface area contributed by atoms with Crippen LogP contribution in [0.1, 0.15) is 75.6 Å². The molecule has 0 nitrogen and oxygen atoms in total. The zero-order valence-electron chi connectivity index (χ0n) is 14.2. The van der Waals surface area contributed by atoms with Crippen molar-refractivity contribution in [3.8, 4) is 0 Å². The van der Waals surface area contributed by atoms with E-state index >= 15 is 0 Å². The van der Waals surface area contributed by atoms with Crippen molar-refractivity contribution in [1.82, 2.24) is 0 Å². The van der Waals surface area contributed by atoms with E-state index < -0.39 is 0 Å². The summed E-state index contributed by atoms with van der Waals surface area (Å²) in [4.78, 5) is 0. The van der Waals surface area contributed by atoms with Gasteiger partial charge < -0.3 is 0 Å². The van der Waals surface area contributed by atoms with E-state index in [0.717, 1.165) is 0 Å². The van der Waals surface area contributed by atoms with Crippen LogP contribution in [0.3, 0.4) is 0 Å². The number of allylic oxidation sites excluding steroid dienone is 1. The molecular weight excluding hydrogens is 419 g/mol. The van der Waals surface area contributed by atoms with Gasteiger partial charge in [0.05, 0.1) is 0 Å². The Morgan fingerprint density at radius 2 is 1.62 bits per heavy atom. The maximum absolute atomic E-state index is 2.54. The third-order valence-corrected chi connectivity index (χ3v) is 5.77. The van der Waals surface area contributed by atoms with E-state index in [4.69, 9.17) is 0 Å². The monoisotopic (exact) mass is 448 g/mol. The predicted molar refractivity (Wildman–Crippen MR) is 88.1 cm³/mol. The summed E-state index contributed by atoms with van der Waals surface area (Å²) < 4.78 is 0. The van der Waals surface area contributed by atoms with Gasteiger partial charge in [0.1, 0.15) is 0 Å². The Labute approximate surface area is 149 Å². The Morgan fingerprint density at radius 1 is 1.05 bits per heavy atom. The summed E-state index contributed by atoms with van der Waals surface area (Å²) >= 11 is 0. The Balaban J connectivity index is 0.00000161. The zero-order valence-corrected chi connectivity index (χ0v) is 17.8. The second-order valence-corrected chi connectivity index (χ2v) is 8.01. The SMILES string of the molecule is CCC1(CC)Cc2cc3c(cc2C1)C(C(C)(C)C)C=C3.[Hf]. The van der Waals surface area contributed by atoms with Crippen molar-refractivity contribution in [1.29, 1.82) is 0 Å². The van der Waals surface area contributed by atoms with Gasteiger partial charge in [0.2, 0.25) is 0 Å². The Hall–Kier alpha value is -0.170. The van der Waals surface area contributed by atoms with Gasteiger partial charge in [0.15, 0.2) is 0 Å². The molecule has 1 heteroatoms. The van der Waals surface area contributed by atoms with Gasteiger partial charge in [-0.15, -0.1) is 0 Å². The normalized spacial score (nSPS) is 21.9. The summed E-state index contributed by atoms with van der Waals surface area (Å²) in [7, 11) is 0. The molecule has 21 heavy (non-hydrogen) atoms. The van der Waals surface area contributed by atoms with E-state index in [-0.39, 0.29) is 25.8 Å². The van der Waals surface area contributed by atoms with Crippen LogP contribution in [0.15, 0.2) is 18.2 Å². The van der Waals surface area contributed by atoms with Crippen LogP contribution in [0.2, 0.25) is 0 Å². The molecule has 2 aliphatic rings. The molecule has 0 amide bonds. The van der Waals surface area contributed by atoms with Gasteiger partial charge in [-0.1, -0.05) is 58.9 Å². The first-order valence-corrected chi connectivity index (χ1v) is 8.22. The molecule has 0 aromatic heterocycles. The molecule has 0 radical (unpaired) electrons. The van der Waals surface area contributed by atoms with Crippen LogP contribution in [0.5, 0.6) is 0 Å². The van der Waals surface area contributed by atoms with Gasteiger partial charge >= 0.3 is 0 Å². The molecule has 2 aliphatic carbocycles. The standard InChI is InChI=1S/C20H28.Hf/c1-6-20(7-2)12-15-10-14-8-9-18(19(3,4)5)17(14)11-16(15)13-20;/h8-11,18H,6-7,12-13H2,1-5H3;. The predicted octanol–water partition coefficient (Wildman–Crippen LogP) is 5.75. The van der Waals surface area contributed by atoms with Gasteiger partial charge in [0, 0.05) is 31.8 Å². The van der Waals surface area contributed by atoms with Gasteiger partial charge in [-0.3, -0.25) is 0 Å². The van der Waals surface area contributed by atoms with Crippen LogP contribution in [0, 0.1) is 10.8 Å². The van der Waals surface area contributed by atoms with Crippen molar-refractivity contribution in [2.45, 2.75) is 66.2 Å². The van der Waals surface area contributed by atoms with Crippen molar-refractivity contribution >= 4 is 6.08 Å². The molecule has 0 bridgehead atoms. The van der Waals surface area contributed by atoms with Crippen molar-refractivity contribution in [3.05, 3.63) is 40.5 Å². The molecule has 0 spiro atoms. The second kappa shape index (κ2) is 5.80. The molecule has 1 atom stereocenters. The molecule has 112 valence electrons. The quantitative estimate of drug-likeness (QED) is 0.508. The van der Waals surface area contributed by atoms with Crippen molar-refractivity contribution in [2.75, 3.05) is 0 Å². The van der Waals surface area contributed by atoms with E-state index in [9.17, 15) is 0 Å². The van der Waals surface area contributed by atoms with Crippen molar-refractivity contribution in [3.63, 3.8) is 0 Å². The molecule has 1 unspecified atom stereocenters. The van der Waals surface area contributed by atoms with Crippen LogP contribution in [0.25, 0.3) is 6.08 Å². The maximum atomic E-state index is 2.54. The molecular formula is C20H28Hf. The topological polar surface area (TPSA) is 0 Å². The molecule has 0 aliphatic heterocycles. The smallest absolute Gasteiger partial charge is 0.00759 e. The van der Waals surface area contributed by atoms with E-state index in [1.807, 2.05) is 0 Å². The summed E-state index contributed by atoms with van der Waals surface area (Å²) in [5.41, 5.74) is 7.16. The number of fused-ring (bicyclic) bond motifs is 2. The molecule has 3 rings (SSSR count). The Bertz CT molecular complexity index is 556. The molecule has 0 fully saturated rings. The average molecular weight is 447 g/mol. The first-order valence-electron chi connectivity index (χ1n) is 8.22. The minimum atomic E-state index is 0. The fraction of sp³-hybridized carbons (Fsp3) is 0.600. The number of benzene rings is 1. The summed E-state index contributed by atoms with van der Waals surface area (Å²) in [6.07, 6.45) is 9.95. The van der Waals surface area contributed by atoms with Crippen molar-refractivity contribution in [2.24, 2.45) is 10.8 Å². The Kier molecular flexibility index (Phi) is 4.74. The number of hydrogen-bond donors (Lipinski definition) is 0. The first-order chi connectivity index (χ1) is 9.38. The van der Waals surface area contributed by atoms with Crippen LogP contribution < -0.4 is 0 Å². The van der Waals surface area contributed by atoms with E-state index in [2.05, 4.69) is 58.9 Å². The first kappa shape index (κ1) is 17.2. The number of rotatable bonds is 2. The van der Waals surface area contributed by atoms with Crippen LogP contribution >= 0.6 is 0 Å². The third-order valence-electron chi connectivity index (χ3n) is 5.77. The third kappa shape index (κ3) is 2.87. The van der Waals surface area contributed by atoms with Crippen molar-refractivity contribution < 1.29 is 25.8 Å². The van der Waals surface area contributed by atoms with E-state index in [1.54, 1.807) is 16.7 Å². The maximum Gasteiger partial charge on any atom is 0.00759 e. The fourth-order valence-corrected chi connectivity index (χ4v) is 4.15. The largest absolute Gasteiger partial charge is 0.0759 e. The van der Waals surface area contributed by atoms with Gasteiger partial charge in [-0.05, 0) is 58.8 Å².